The molecule has 0 radical (unpaired) electrons. The molecule has 14 heteroatoms. The molecule has 1 unspecified atom stereocenters. The summed E-state index contributed by atoms with van der Waals surface area (Å²) in [6, 6.07) is 10.2. The average Bonchev–Trinajstić information content (AvgIpc) is 4.05. The number of nitrogens with zero attached hydrogens (tertiary/aromatic N) is 6. The predicted octanol–water partition coefficient (Wildman–Crippen LogP) is 6.81. The van der Waals surface area contributed by atoms with Gasteiger partial charge < -0.3 is 24.7 Å². The second-order valence-electron chi connectivity index (χ2n) is 11.9. The van der Waals surface area contributed by atoms with Crippen molar-refractivity contribution in [3.63, 3.8) is 0 Å². The molecule has 4 aromatic rings. The first-order chi connectivity index (χ1) is 23.2. The van der Waals surface area contributed by atoms with E-state index in [1.807, 2.05) is 37.6 Å². The maximum absolute atomic E-state index is 11.9. The van der Waals surface area contributed by atoms with Gasteiger partial charge in [-0.1, -0.05) is 60.5 Å². The number of nitrogens with one attached hydrogen (secondary N) is 2. The van der Waals surface area contributed by atoms with Crippen molar-refractivity contribution in [2.45, 2.75) is 70.3 Å². The minimum Gasteiger partial charge on any atom is -0.464 e. The van der Waals surface area contributed by atoms with Crippen molar-refractivity contribution in [1.29, 1.82) is 0 Å². The first-order valence-electron chi connectivity index (χ1n) is 16.0. The van der Waals surface area contributed by atoms with E-state index >= 15 is 0 Å². The van der Waals surface area contributed by atoms with Crippen LogP contribution >= 0.6 is 23.2 Å². The summed E-state index contributed by atoms with van der Waals surface area (Å²) in [5.74, 6) is 2.15. The van der Waals surface area contributed by atoms with E-state index < -0.39 is 11.9 Å². The number of benzene rings is 1. The summed E-state index contributed by atoms with van der Waals surface area (Å²) in [6.45, 7) is 6.33. The largest absolute Gasteiger partial charge is 0.464 e. The quantitative estimate of drug-likeness (QED) is 0.112. The van der Waals surface area contributed by atoms with Gasteiger partial charge in [0.25, 0.3) is 0 Å². The molecule has 2 saturated carbocycles. The van der Waals surface area contributed by atoms with E-state index in [0.29, 0.717) is 48.2 Å². The Morgan fingerprint density at radius 1 is 0.875 bits per heavy atom. The third kappa shape index (κ3) is 8.99. The summed E-state index contributed by atoms with van der Waals surface area (Å²) in [6.07, 6.45) is 8.70. The maximum atomic E-state index is 11.9. The highest BCUT2D eigenvalue weighted by molar-refractivity contribution is 6.36. The Kier molecular flexibility index (Phi) is 11.8. The summed E-state index contributed by atoms with van der Waals surface area (Å²) in [4.78, 5) is 45.5. The molecule has 48 heavy (non-hydrogen) atoms. The summed E-state index contributed by atoms with van der Waals surface area (Å²) < 4.78 is 11.6. The van der Waals surface area contributed by atoms with Gasteiger partial charge in [-0.2, -0.15) is 0 Å². The molecule has 1 aromatic carbocycles. The third-order valence-electron chi connectivity index (χ3n) is 8.11. The van der Waals surface area contributed by atoms with E-state index in [0.717, 1.165) is 44.3 Å². The fourth-order valence-electron chi connectivity index (χ4n) is 4.90. The van der Waals surface area contributed by atoms with Crippen LogP contribution in [0.25, 0.3) is 0 Å². The van der Waals surface area contributed by atoms with Gasteiger partial charge in [-0.05, 0) is 50.5 Å². The molecule has 0 aliphatic heterocycles. The van der Waals surface area contributed by atoms with Crippen LogP contribution in [-0.4, -0.2) is 68.7 Å². The number of methoxy groups -OCH3 is 2. The molecular formula is C34H40Cl2N8O4. The predicted molar refractivity (Wildman–Crippen MR) is 184 cm³/mol. The monoisotopic (exact) mass is 694 g/mol. The van der Waals surface area contributed by atoms with Gasteiger partial charge in [-0.15, -0.1) is 0 Å². The van der Waals surface area contributed by atoms with Crippen molar-refractivity contribution in [3.8, 4) is 0 Å². The number of ether oxygens (including phenoxy) is 2. The highest BCUT2D eigenvalue weighted by Crippen LogP contribution is 2.40. The van der Waals surface area contributed by atoms with Crippen LogP contribution in [0.15, 0.2) is 42.9 Å². The number of rotatable bonds is 13. The van der Waals surface area contributed by atoms with Gasteiger partial charge in [0.2, 0.25) is 0 Å². The zero-order chi connectivity index (χ0) is 34.2. The minimum atomic E-state index is -0.540. The normalized spacial score (nSPS) is 14.4. The number of anilines is 2. The second kappa shape index (κ2) is 16.2. The molecule has 0 spiro atoms. The maximum Gasteiger partial charge on any atom is 0.358 e. The number of aromatic nitrogens is 6. The number of hydrogen-bond acceptors (Lipinski definition) is 11. The number of carbonyl (C=O) groups is 2. The van der Waals surface area contributed by atoms with Crippen LogP contribution in [0.5, 0.6) is 0 Å². The first-order valence-corrected chi connectivity index (χ1v) is 16.8. The van der Waals surface area contributed by atoms with E-state index in [-0.39, 0.29) is 27.4 Å². The molecule has 2 fully saturated rings. The Balaban J connectivity index is 0.000000188. The van der Waals surface area contributed by atoms with E-state index in [2.05, 4.69) is 59.2 Å². The topological polar surface area (TPSA) is 146 Å². The van der Waals surface area contributed by atoms with Crippen LogP contribution in [0.2, 0.25) is 10.0 Å². The van der Waals surface area contributed by atoms with Crippen molar-refractivity contribution in [2.24, 2.45) is 0 Å². The Bertz CT molecular complexity index is 1730. The van der Waals surface area contributed by atoms with E-state index in [1.54, 1.807) is 0 Å². The number of halogens is 2. The van der Waals surface area contributed by atoms with Crippen molar-refractivity contribution in [2.75, 3.05) is 37.9 Å². The fourth-order valence-corrected chi connectivity index (χ4v) is 5.36. The molecule has 2 N–H and O–H groups in total. The molecule has 254 valence electrons. The lowest BCUT2D eigenvalue weighted by atomic mass is 10.0. The molecule has 0 saturated heterocycles. The molecule has 2 aliphatic rings. The van der Waals surface area contributed by atoms with Gasteiger partial charge in [0.1, 0.15) is 33.3 Å². The Morgan fingerprint density at radius 2 is 1.42 bits per heavy atom. The molecule has 6 rings (SSSR count). The van der Waals surface area contributed by atoms with Crippen LogP contribution in [0.4, 0.5) is 11.6 Å². The van der Waals surface area contributed by atoms with Gasteiger partial charge in [0.05, 0.1) is 20.5 Å². The summed E-state index contributed by atoms with van der Waals surface area (Å²) in [5, 5.41) is 6.90. The Labute approximate surface area is 290 Å². The van der Waals surface area contributed by atoms with Crippen LogP contribution < -0.4 is 10.6 Å². The minimum absolute atomic E-state index is 0.129. The highest BCUT2D eigenvalue weighted by atomic mass is 35.5. The van der Waals surface area contributed by atoms with Gasteiger partial charge in [0, 0.05) is 43.4 Å². The van der Waals surface area contributed by atoms with Crippen molar-refractivity contribution in [3.05, 3.63) is 87.2 Å². The van der Waals surface area contributed by atoms with Crippen molar-refractivity contribution < 1.29 is 19.1 Å². The molecular weight excluding hydrogens is 655 g/mol. The number of hydrogen-bond donors (Lipinski definition) is 2. The number of aryl methyl sites for hydroxylation is 2. The van der Waals surface area contributed by atoms with Gasteiger partial charge in [-0.3, -0.25) is 0 Å². The van der Waals surface area contributed by atoms with Crippen LogP contribution in [0, 0.1) is 6.92 Å². The summed E-state index contributed by atoms with van der Waals surface area (Å²) in [5.41, 5.74) is 2.61. The van der Waals surface area contributed by atoms with Gasteiger partial charge in [-0.25, -0.2) is 34.5 Å². The zero-order valence-corrected chi connectivity index (χ0v) is 29.0. The lowest BCUT2D eigenvalue weighted by molar-refractivity contribution is 0.0585. The third-order valence-corrected chi connectivity index (χ3v) is 8.83. The average molecular weight is 696 g/mol. The van der Waals surface area contributed by atoms with Crippen LogP contribution in [0.1, 0.15) is 101 Å². The van der Waals surface area contributed by atoms with Gasteiger partial charge in [0.15, 0.2) is 11.4 Å². The number of esters is 2. The molecule has 2 aliphatic carbocycles. The van der Waals surface area contributed by atoms with Crippen molar-refractivity contribution in [1.82, 2.24) is 29.5 Å². The van der Waals surface area contributed by atoms with Crippen molar-refractivity contribution >= 4 is 46.8 Å². The highest BCUT2D eigenvalue weighted by Gasteiger charge is 2.31. The summed E-state index contributed by atoms with van der Waals surface area (Å²) >= 11 is 12.6. The first kappa shape index (κ1) is 35.0. The second-order valence-corrected chi connectivity index (χ2v) is 12.7. The van der Waals surface area contributed by atoms with Crippen LogP contribution in [0.3, 0.4) is 0 Å². The number of carbonyl (C=O) groups excluding carboxylic acids is 2. The molecule has 12 nitrogen and oxygen atoms in total. The molecule has 1 atom stereocenters. The smallest absolute Gasteiger partial charge is 0.358 e. The SMILES string of the molecule is COC(=O)c1nc(C2CC2)nc(NCC(C)c2ccccc2)c1Cl.COC(=O)c1nc(C2CC2)nc(NCCCn2cncc2C)c1Cl. The van der Waals surface area contributed by atoms with Crippen LogP contribution in [-0.2, 0) is 16.0 Å². The van der Waals surface area contributed by atoms with E-state index in [4.69, 9.17) is 32.7 Å². The standard InChI is InChI=1S/C18H20ClN3O2.C16H20ClN5O2/c1-11(12-6-4-3-5-7-12)10-20-17-14(19)15(18(23)24-2)21-16(22-17)13-8-9-13;1-10-8-18-9-22(10)7-3-6-19-15-12(17)13(16(23)24-2)20-14(21-15)11-4-5-11/h3-7,11,13H,8-10H2,1-2H3,(H,20,21,22);8-9,11H,3-7H2,1-2H3,(H,19,20,21). The molecule has 3 aromatic heterocycles. The fraction of sp³-hybridized carbons (Fsp3) is 0.441. The lowest BCUT2D eigenvalue weighted by Gasteiger charge is -2.16. The Hall–Kier alpha value is -4.29. The molecule has 0 bridgehead atoms. The van der Waals surface area contributed by atoms with E-state index in [1.165, 1.54) is 19.8 Å². The Morgan fingerprint density at radius 3 is 1.90 bits per heavy atom. The summed E-state index contributed by atoms with van der Waals surface area (Å²) in [7, 11) is 2.64. The molecule has 3 heterocycles. The van der Waals surface area contributed by atoms with Gasteiger partial charge >= 0.3 is 11.9 Å². The lowest BCUT2D eigenvalue weighted by Crippen LogP contribution is -2.15. The number of imidazole rings is 1. The van der Waals surface area contributed by atoms with E-state index in [9.17, 15) is 9.59 Å². The molecule has 0 amide bonds. The zero-order valence-electron chi connectivity index (χ0n) is 27.5.